The second kappa shape index (κ2) is 4.66. The smallest absolute Gasteiger partial charge is 0.0198 e. The Morgan fingerprint density at radius 1 is 1.00 bits per heavy atom. The van der Waals surface area contributed by atoms with E-state index in [0.29, 0.717) is 0 Å². The van der Waals surface area contributed by atoms with Crippen molar-refractivity contribution < 1.29 is 0 Å². The maximum atomic E-state index is 3.81. The highest BCUT2D eigenvalue weighted by Gasteiger charge is 2.33. The monoisotopic (exact) mass is 222 g/mol. The number of nitrogens with one attached hydrogen (secondary N) is 1. The fourth-order valence-electron chi connectivity index (χ4n) is 3.32. The quantitative estimate of drug-likeness (QED) is 0.786. The van der Waals surface area contributed by atoms with Crippen molar-refractivity contribution in [1.29, 1.82) is 0 Å². The molecule has 3 fully saturated rings. The average Bonchev–Trinajstić information content (AvgIpc) is 2.99. The zero-order valence-electron chi connectivity index (χ0n) is 10.6. The molecule has 0 radical (unpaired) electrons. The maximum absolute atomic E-state index is 3.81. The molecule has 1 aliphatic heterocycles. The lowest BCUT2D eigenvalue weighted by Crippen LogP contribution is -2.52. The molecule has 0 aromatic heterocycles. The molecule has 2 nitrogen and oxygen atoms in total. The number of hydrogen-bond donors (Lipinski definition) is 1. The van der Waals surface area contributed by atoms with Gasteiger partial charge in [0, 0.05) is 24.7 Å². The largest absolute Gasteiger partial charge is 0.310 e. The zero-order valence-corrected chi connectivity index (χ0v) is 10.6. The van der Waals surface area contributed by atoms with Crippen molar-refractivity contribution in [2.75, 3.05) is 13.1 Å². The van der Waals surface area contributed by atoms with Crippen LogP contribution in [0.4, 0.5) is 0 Å². The number of hydrogen-bond acceptors (Lipinski definition) is 2. The Balaban J connectivity index is 1.49. The summed E-state index contributed by atoms with van der Waals surface area (Å²) in [5.74, 6) is 1.01. The fraction of sp³-hybridized carbons (Fsp3) is 1.00. The van der Waals surface area contributed by atoms with Crippen molar-refractivity contribution in [3.8, 4) is 0 Å². The fourth-order valence-corrected chi connectivity index (χ4v) is 3.32. The van der Waals surface area contributed by atoms with Crippen LogP contribution in [-0.4, -0.2) is 36.1 Å². The highest BCUT2D eigenvalue weighted by molar-refractivity contribution is 4.91. The van der Waals surface area contributed by atoms with E-state index < -0.39 is 0 Å². The summed E-state index contributed by atoms with van der Waals surface area (Å²) in [6.07, 6.45) is 10.1. The van der Waals surface area contributed by atoms with Crippen molar-refractivity contribution in [2.24, 2.45) is 5.92 Å². The molecular formula is C14H26N2. The molecular weight excluding hydrogens is 196 g/mol. The topological polar surface area (TPSA) is 15.3 Å². The third-order valence-electron chi connectivity index (χ3n) is 4.91. The molecule has 1 heterocycles. The Morgan fingerprint density at radius 3 is 2.44 bits per heavy atom. The first kappa shape index (κ1) is 11.0. The van der Waals surface area contributed by atoms with Gasteiger partial charge in [-0.15, -0.1) is 0 Å². The summed E-state index contributed by atoms with van der Waals surface area (Å²) in [5, 5.41) is 3.81. The average molecular weight is 222 g/mol. The van der Waals surface area contributed by atoms with E-state index in [0.717, 1.165) is 24.0 Å². The lowest BCUT2D eigenvalue weighted by atomic mass is 9.79. The van der Waals surface area contributed by atoms with E-state index in [2.05, 4.69) is 17.1 Å². The highest BCUT2D eigenvalue weighted by Crippen LogP contribution is 2.33. The van der Waals surface area contributed by atoms with Crippen molar-refractivity contribution in [3.05, 3.63) is 0 Å². The van der Waals surface area contributed by atoms with Crippen LogP contribution in [0.2, 0.25) is 0 Å². The lowest BCUT2D eigenvalue weighted by molar-refractivity contribution is 0.0759. The summed E-state index contributed by atoms with van der Waals surface area (Å²) in [5.41, 5.74) is 0. The third kappa shape index (κ3) is 2.43. The van der Waals surface area contributed by atoms with Gasteiger partial charge in [0.15, 0.2) is 0 Å². The number of nitrogens with zero attached hydrogens (tertiary/aromatic N) is 1. The van der Waals surface area contributed by atoms with Gasteiger partial charge in [-0.25, -0.2) is 0 Å². The van der Waals surface area contributed by atoms with Gasteiger partial charge in [-0.3, -0.25) is 4.90 Å². The molecule has 16 heavy (non-hydrogen) atoms. The SMILES string of the molecule is CC(C1CCC1)N1CCCC(NC2CC2)C1. The van der Waals surface area contributed by atoms with Crippen LogP contribution in [0.15, 0.2) is 0 Å². The first-order valence-corrected chi connectivity index (χ1v) is 7.33. The van der Waals surface area contributed by atoms with Gasteiger partial charge in [-0.2, -0.15) is 0 Å². The molecule has 92 valence electrons. The van der Waals surface area contributed by atoms with Crippen LogP contribution in [0.5, 0.6) is 0 Å². The van der Waals surface area contributed by atoms with Crippen LogP contribution in [0.1, 0.15) is 51.9 Å². The molecule has 3 aliphatic rings. The van der Waals surface area contributed by atoms with E-state index in [9.17, 15) is 0 Å². The van der Waals surface area contributed by atoms with E-state index in [1.54, 1.807) is 0 Å². The Morgan fingerprint density at radius 2 is 1.81 bits per heavy atom. The molecule has 0 aromatic carbocycles. The maximum Gasteiger partial charge on any atom is 0.0198 e. The van der Waals surface area contributed by atoms with Gasteiger partial charge in [-0.05, 0) is 57.9 Å². The molecule has 0 aromatic rings. The summed E-state index contributed by atoms with van der Waals surface area (Å²) < 4.78 is 0. The second-order valence-electron chi connectivity index (χ2n) is 6.21. The van der Waals surface area contributed by atoms with Gasteiger partial charge in [0.25, 0.3) is 0 Å². The van der Waals surface area contributed by atoms with Crippen LogP contribution in [0.25, 0.3) is 0 Å². The number of piperidine rings is 1. The van der Waals surface area contributed by atoms with E-state index in [-0.39, 0.29) is 0 Å². The van der Waals surface area contributed by atoms with Crippen LogP contribution in [0, 0.1) is 5.92 Å². The van der Waals surface area contributed by atoms with Gasteiger partial charge in [0.05, 0.1) is 0 Å². The summed E-state index contributed by atoms with van der Waals surface area (Å²) in [6, 6.07) is 2.52. The van der Waals surface area contributed by atoms with E-state index >= 15 is 0 Å². The minimum absolute atomic E-state index is 0.795. The lowest BCUT2D eigenvalue weighted by Gasteiger charge is -2.43. The molecule has 2 saturated carbocycles. The predicted molar refractivity (Wildman–Crippen MR) is 67.6 cm³/mol. The van der Waals surface area contributed by atoms with Crippen LogP contribution >= 0.6 is 0 Å². The first-order valence-electron chi connectivity index (χ1n) is 7.33. The number of rotatable bonds is 4. The van der Waals surface area contributed by atoms with E-state index in [1.165, 1.54) is 58.0 Å². The Labute approximate surface area is 99.8 Å². The van der Waals surface area contributed by atoms with Crippen LogP contribution in [-0.2, 0) is 0 Å². The molecule has 2 heteroatoms. The second-order valence-corrected chi connectivity index (χ2v) is 6.21. The first-order chi connectivity index (χ1) is 7.83. The zero-order chi connectivity index (χ0) is 11.0. The molecule has 0 spiro atoms. The van der Waals surface area contributed by atoms with Gasteiger partial charge >= 0.3 is 0 Å². The Kier molecular flexibility index (Phi) is 3.21. The normalized spacial score (nSPS) is 34.7. The molecule has 0 bridgehead atoms. The van der Waals surface area contributed by atoms with Gasteiger partial charge < -0.3 is 5.32 Å². The minimum Gasteiger partial charge on any atom is -0.310 e. The van der Waals surface area contributed by atoms with Crippen molar-refractivity contribution in [1.82, 2.24) is 10.2 Å². The summed E-state index contributed by atoms with van der Waals surface area (Å²) in [4.78, 5) is 2.76. The molecule has 2 atom stereocenters. The van der Waals surface area contributed by atoms with Crippen molar-refractivity contribution >= 4 is 0 Å². The summed E-state index contributed by atoms with van der Waals surface area (Å²) >= 11 is 0. The van der Waals surface area contributed by atoms with Crippen LogP contribution in [0.3, 0.4) is 0 Å². The molecule has 0 amide bonds. The van der Waals surface area contributed by atoms with Gasteiger partial charge in [0.1, 0.15) is 0 Å². The molecule has 2 unspecified atom stereocenters. The van der Waals surface area contributed by atoms with E-state index in [4.69, 9.17) is 0 Å². The number of likely N-dealkylation sites (tertiary alicyclic amines) is 1. The third-order valence-corrected chi connectivity index (χ3v) is 4.91. The molecule has 1 saturated heterocycles. The Bertz CT molecular complexity index is 233. The van der Waals surface area contributed by atoms with Crippen LogP contribution < -0.4 is 5.32 Å². The van der Waals surface area contributed by atoms with Crippen molar-refractivity contribution in [3.63, 3.8) is 0 Å². The molecule has 2 aliphatic carbocycles. The van der Waals surface area contributed by atoms with Gasteiger partial charge in [-0.1, -0.05) is 6.42 Å². The highest BCUT2D eigenvalue weighted by atomic mass is 15.2. The molecule has 3 rings (SSSR count). The summed E-state index contributed by atoms with van der Waals surface area (Å²) in [6.45, 7) is 5.12. The molecule has 1 N–H and O–H groups in total. The standard InChI is InChI=1S/C14H26N2/c1-11(12-4-2-5-12)16-9-3-6-14(10-16)15-13-7-8-13/h11-15H,2-10H2,1H3. The predicted octanol–water partition coefficient (Wildman–Crippen LogP) is 2.39. The Hall–Kier alpha value is -0.0800. The minimum atomic E-state index is 0.795. The summed E-state index contributed by atoms with van der Waals surface area (Å²) in [7, 11) is 0. The van der Waals surface area contributed by atoms with E-state index in [1.807, 2.05) is 0 Å². The van der Waals surface area contributed by atoms with Gasteiger partial charge in [0.2, 0.25) is 0 Å². The van der Waals surface area contributed by atoms with Crippen molar-refractivity contribution in [2.45, 2.75) is 70.0 Å².